The van der Waals surface area contributed by atoms with Crippen LogP contribution in [0.25, 0.3) is 77.2 Å². The normalized spacial score (nSPS) is 12.3. The Morgan fingerprint density at radius 2 is 0.717 bits per heavy atom. The molecule has 0 N–H and O–H groups in total. The smallest absolute Gasteiger partial charge is 0.135 e. The van der Waals surface area contributed by atoms with Crippen LogP contribution in [0.15, 0.2) is 158 Å². The first-order valence-electron chi connectivity index (χ1n) is 15.7. The van der Waals surface area contributed by atoms with Crippen molar-refractivity contribution in [2.75, 3.05) is 0 Å². The third-order valence-electron chi connectivity index (χ3n) is 9.46. The van der Waals surface area contributed by atoms with Crippen molar-refractivity contribution in [2.45, 2.75) is 0 Å². The van der Waals surface area contributed by atoms with E-state index in [1.54, 1.807) is 0 Å². The van der Waals surface area contributed by atoms with Crippen LogP contribution in [0.5, 0.6) is 23.0 Å². The van der Waals surface area contributed by atoms with Gasteiger partial charge in [0, 0.05) is 21.9 Å². The van der Waals surface area contributed by atoms with Gasteiger partial charge in [0.2, 0.25) is 0 Å². The van der Waals surface area contributed by atoms with Crippen LogP contribution in [0.4, 0.5) is 0 Å². The maximum absolute atomic E-state index is 6.43. The molecule has 0 unspecified atom stereocenters. The minimum atomic E-state index is 0.899. The molecule has 214 valence electrons. The Bertz CT molecular complexity index is 2370. The van der Waals surface area contributed by atoms with Crippen molar-refractivity contribution >= 4 is 21.5 Å². The van der Waals surface area contributed by atoms with E-state index in [1.165, 1.54) is 55.3 Å². The number of ether oxygens (including phenoxy) is 2. The zero-order valence-electron chi connectivity index (χ0n) is 24.8. The molecule has 0 saturated carbocycles. The van der Waals surface area contributed by atoms with E-state index >= 15 is 0 Å². The minimum Gasteiger partial charge on any atom is -0.456 e. The molecule has 46 heavy (non-hydrogen) atoms. The van der Waals surface area contributed by atoms with Crippen LogP contribution in [0.3, 0.4) is 0 Å². The Morgan fingerprint density at radius 3 is 1.26 bits per heavy atom. The zero-order valence-corrected chi connectivity index (χ0v) is 24.8. The maximum atomic E-state index is 6.43. The molecule has 2 aliphatic rings. The fourth-order valence-electron chi connectivity index (χ4n) is 7.40. The van der Waals surface area contributed by atoms with Gasteiger partial charge in [-0.3, -0.25) is 0 Å². The fraction of sp³-hybridized carbons (Fsp3) is 0. The topological polar surface area (TPSA) is 18.5 Å². The first-order valence-corrected chi connectivity index (χ1v) is 15.7. The lowest BCUT2D eigenvalue weighted by molar-refractivity contribution is 0.487. The number of rotatable bonds is 3. The van der Waals surface area contributed by atoms with Gasteiger partial charge in [-0.2, -0.15) is 0 Å². The van der Waals surface area contributed by atoms with Crippen molar-refractivity contribution in [3.63, 3.8) is 0 Å². The SMILES string of the molecule is c1ccc(-c2cc(-c3ccc4c5c(cccc35)-c3ccccc3O4)cc(-c3ccc4c5c(cccc35)-c3ccccc3O4)c2)cc1. The third-order valence-corrected chi connectivity index (χ3v) is 9.46. The summed E-state index contributed by atoms with van der Waals surface area (Å²) < 4.78 is 12.9. The molecular weight excluding hydrogens is 560 g/mol. The van der Waals surface area contributed by atoms with Crippen molar-refractivity contribution in [1.82, 2.24) is 0 Å². The lowest BCUT2D eigenvalue weighted by Crippen LogP contribution is -1.98. The number of hydrogen-bond donors (Lipinski definition) is 0. The summed E-state index contributed by atoms with van der Waals surface area (Å²) in [6.07, 6.45) is 0. The van der Waals surface area contributed by atoms with Crippen molar-refractivity contribution in [2.24, 2.45) is 0 Å². The van der Waals surface area contributed by atoms with Crippen molar-refractivity contribution in [3.8, 4) is 78.6 Å². The van der Waals surface area contributed by atoms with E-state index in [0.717, 1.165) is 44.9 Å². The molecule has 0 radical (unpaired) electrons. The van der Waals surface area contributed by atoms with Crippen molar-refractivity contribution in [1.29, 1.82) is 0 Å². The lowest BCUT2D eigenvalue weighted by Gasteiger charge is -2.23. The molecule has 0 atom stereocenters. The molecule has 0 saturated heterocycles. The Balaban J connectivity index is 1.23. The quantitative estimate of drug-likeness (QED) is 0.205. The van der Waals surface area contributed by atoms with Gasteiger partial charge in [0.25, 0.3) is 0 Å². The Morgan fingerprint density at radius 1 is 0.261 bits per heavy atom. The average molecular weight is 587 g/mol. The largest absolute Gasteiger partial charge is 0.456 e. The van der Waals surface area contributed by atoms with E-state index in [9.17, 15) is 0 Å². The lowest BCUT2D eigenvalue weighted by atomic mass is 9.86. The van der Waals surface area contributed by atoms with Gasteiger partial charge in [0.15, 0.2) is 0 Å². The van der Waals surface area contributed by atoms with E-state index in [0.29, 0.717) is 0 Å². The van der Waals surface area contributed by atoms with E-state index in [-0.39, 0.29) is 0 Å². The molecule has 2 nitrogen and oxygen atoms in total. The molecule has 0 amide bonds. The van der Waals surface area contributed by atoms with Crippen molar-refractivity contribution in [3.05, 3.63) is 158 Å². The molecule has 0 fully saturated rings. The third kappa shape index (κ3) is 3.71. The summed E-state index contributed by atoms with van der Waals surface area (Å²) in [5.41, 5.74) is 11.7. The number of fused-ring (bicyclic) bond motifs is 4. The van der Waals surface area contributed by atoms with Crippen LogP contribution in [-0.2, 0) is 0 Å². The van der Waals surface area contributed by atoms with Gasteiger partial charge >= 0.3 is 0 Å². The number of benzene rings is 8. The van der Waals surface area contributed by atoms with Gasteiger partial charge in [-0.05, 0) is 97.7 Å². The number of hydrogen-bond acceptors (Lipinski definition) is 2. The summed E-state index contributed by atoms with van der Waals surface area (Å²) in [5.74, 6) is 3.60. The van der Waals surface area contributed by atoms with Gasteiger partial charge in [-0.25, -0.2) is 0 Å². The van der Waals surface area contributed by atoms with Gasteiger partial charge in [-0.1, -0.05) is 115 Å². The molecule has 2 heterocycles. The average Bonchev–Trinajstić information content (AvgIpc) is 3.12. The second-order valence-corrected chi connectivity index (χ2v) is 12.0. The van der Waals surface area contributed by atoms with Crippen LogP contribution in [0.2, 0.25) is 0 Å². The fourth-order valence-corrected chi connectivity index (χ4v) is 7.40. The van der Waals surface area contributed by atoms with E-state index in [1.807, 2.05) is 24.3 Å². The first kappa shape index (κ1) is 25.2. The first-order chi connectivity index (χ1) is 22.8. The molecule has 0 aliphatic carbocycles. The van der Waals surface area contributed by atoms with Gasteiger partial charge in [0.1, 0.15) is 23.0 Å². The molecule has 8 aromatic rings. The molecule has 2 aliphatic heterocycles. The minimum absolute atomic E-state index is 0.899. The highest BCUT2D eigenvalue weighted by Gasteiger charge is 2.23. The second-order valence-electron chi connectivity index (χ2n) is 12.0. The summed E-state index contributed by atoms with van der Waals surface area (Å²) in [7, 11) is 0. The predicted octanol–water partition coefficient (Wildman–Crippen LogP) is 12.5. The van der Waals surface area contributed by atoms with Crippen LogP contribution in [-0.4, -0.2) is 0 Å². The summed E-state index contributed by atoms with van der Waals surface area (Å²) >= 11 is 0. The van der Waals surface area contributed by atoms with Crippen LogP contribution in [0, 0.1) is 0 Å². The highest BCUT2D eigenvalue weighted by molar-refractivity contribution is 6.12. The molecule has 2 heteroatoms. The van der Waals surface area contributed by atoms with E-state index in [4.69, 9.17) is 9.47 Å². The maximum Gasteiger partial charge on any atom is 0.135 e. The van der Waals surface area contributed by atoms with Gasteiger partial charge < -0.3 is 9.47 Å². The number of para-hydroxylation sites is 2. The monoisotopic (exact) mass is 586 g/mol. The molecular formula is C44H26O2. The van der Waals surface area contributed by atoms with E-state index < -0.39 is 0 Å². The van der Waals surface area contributed by atoms with Crippen LogP contribution in [0.1, 0.15) is 0 Å². The van der Waals surface area contributed by atoms with Crippen LogP contribution >= 0.6 is 0 Å². The molecule has 0 bridgehead atoms. The molecule has 10 rings (SSSR count). The molecule has 0 spiro atoms. The summed E-state index contributed by atoms with van der Waals surface area (Å²) in [6.45, 7) is 0. The van der Waals surface area contributed by atoms with E-state index in [2.05, 4.69) is 133 Å². The summed E-state index contributed by atoms with van der Waals surface area (Å²) in [4.78, 5) is 0. The van der Waals surface area contributed by atoms with Gasteiger partial charge in [0.05, 0.1) is 0 Å². The molecule has 8 aromatic carbocycles. The Labute approximate surface area is 266 Å². The standard InChI is InChI=1S/C44H26O2/c1-2-10-27(11-3-1)28-24-29(31-20-22-41-43-35(31)14-8-16-37(43)33-12-4-6-18-39(33)45-41)26-30(25-28)32-21-23-42-44-36(32)15-9-17-38(44)34-13-5-7-19-40(34)46-42/h1-26H. The predicted molar refractivity (Wildman–Crippen MR) is 189 cm³/mol. The second kappa shape index (κ2) is 9.69. The van der Waals surface area contributed by atoms with Gasteiger partial charge in [-0.15, -0.1) is 0 Å². The highest BCUT2D eigenvalue weighted by Crippen LogP contribution is 2.51. The zero-order chi connectivity index (χ0) is 30.2. The summed E-state index contributed by atoms with van der Waals surface area (Å²) in [6, 6.07) is 56.1. The Kier molecular flexibility index (Phi) is 5.31. The molecule has 0 aromatic heterocycles. The van der Waals surface area contributed by atoms with Crippen LogP contribution < -0.4 is 9.47 Å². The van der Waals surface area contributed by atoms with Crippen molar-refractivity contribution < 1.29 is 9.47 Å². The highest BCUT2D eigenvalue weighted by atomic mass is 16.5. The Hall–Kier alpha value is -6.12. The summed E-state index contributed by atoms with van der Waals surface area (Å²) in [5, 5.41) is 4.68.